The van der Waals surface area contributed by atoms with Gasteiger partial charge in [0, 0.05) is 15.9 Å². The summed E-state index contributed by atoms with van der Waals surface area (Å²) in [6, 6.07) is 67.0. The summed E-state index contributed by atoms with van der Waals surface area (Å²) in [6.07, 6.45) is 0. The van der Waals surface area contributed by atoms with Crippen molar-refractivity contribution in [2.24, 2.45) is 0 Å². The maximum Gasteiger partial charge on any atom is 0.171 e. The van der Waals surface area contributed by atoms with Crippen molar-refractivity contribution in [3.05, 3.63) is 221 Å². The number of benzene rings is 9. The fraction of sp³-hybridized carbons (Fsp3) is 0.0612. The van der Waals surface area contributed by atoms with Crippen LogP contribution in [0.4, 0.5) is 0 Å². The van der Waals surface area contributed by atoms with E-state index in [1.807, 2.05) is 60.7 Å². The van der Waals surface area contributed by atoms with Crippen LogP contribution >= 0.6 is 7.14 Å². The summed E-state index contributed by atoms with van der Waals surface area (Å²) < 4.78 is 15.5. The van der Waals surface area contributed by atoms with Gasteiger partial charge in [-0.2, -0.15) is 0 Å². The molecule has 0 N–H and O–H groups in total. The molecule has 0 atom stereocenters. The first-order chi connectivity index (χ1) is 25.0. The maximum absolute atomic E-state index is 15.5. The molecule has 0 aliphatic heterocycles. The van der Waals surface area contributed by atoms with E-state index in [9.17, 15) is 0 Å². The van der Waals surface area contributed by atoms with E-state index < -0.39 is 12.6 Å². The maximum atomic E-state index is 15.5. The van der Waals surface area contributed by atoms with Crippen LogP contribution in [0.2, 0.25) is 0 Å². The number of aryl methyl sites for hydroxylation is 2. The Morgan fingerprint density at radius 1 is 0.392 bits per heavy atom. The first-order valence-electron chi connectivity index (χ1n) is 17.6. The Hall–Kier alpha value is -5.75. The Morgan fingerprint density at radius 3 is 1.35 bits per heavy atom. The first kappa shape index (κ1) is 31.2. The van der Waals surface area contributed by atoms with Gasteiger partial charge in [0.05, 0.1) is 5.41 Å². The molecule has 0 saturated heterocycles. The number of hydrogen-bond donors (Lipinski definition) is 0. The highest BCUT2D eigenvalue weighted by Crippen LogP contribution is 2.51. The van der Waals surface area contributed by atoms with E-state index in [1.165, 1.54) is 60.1 Å². The third-order valence-corrected chi connectivity index (χ3v) is 13.9. The van der Waals surface area contributed by atoms with Crippen molar-refractivity contribution < 1.29 is 4.57 Å². The molecular weight excluding hydrogens is 636 g/mol. The van der Waals surface area contributed by atoms with E-state index in [4.69, 9.17) is 0 Å². The molecule has 9 aromatic carbocycles. The van der Waals surface area contributed by atoms with Crippen molar-refractivity contribution in [1.82, 2.24) is 0 Å². The fourth-order valence-corrected chi connectivity index (χ4v) is 10.9. The summed E-state index contributed by atoms with van der Waals surface area (Å²) in [5, 5.41) is 10.0. The van der Waals surface area contributed by atoms with Crippen LogP contribution in [-0.4, -0.2) is 0 Å². The fourth-order valence-electron chi connectivity index (χ4n) is 8.29. The Bertz CT molecular complexity index is 2600. The molecule has 9 rings (SSSR count). The first-order valence-corrected chi connectivity index (χ1v) is 19.3. The van der Waals surface area contributed by atoms with E-state index in [2.05, 4.69) is 141 Å². The van der Waals surface area contributed by atoms with Gasteiger partial charge in [0.1, 0.15) is 0 Å². The van der Waals surface area contributed by atoms with Gasteiger partial charge >= 0.3 is 0 Å². The van der Waals surface area contributed by atoms with E-state index in [0.717, 1.165) is 21.5 Å². The average Bonchev–Trinajstić information content (AvgIpc) is 3.19. The lowest BCUT2D eigenvalue weighted by atomic mass is 9.63. The van der Waals surface area contributed by atoms with E-state index >= 15 is 4.57 Å². The summed E-state index contributed by atoms with van der Waals surface area (Å²) in [5.41, 5.74) is 6.48. The van der Waals surface area contributed by atoms with Crippen molar-refractivity contribution in [3.8, 4) is 0 Å². The van der Waals surface area contributed by atoms with Crippen molar-refractivity contribution in [2.45, 2.75) is 19.3 Å². The molecule has 2 heteroatoms. The summed E-state index contributed by atoms with van der Waals surface area (Å²) >= 11 is 0. The van der Waals surface area contributed by atoms with Gasteiger partial charge in [0.15, 0.2) is 7.14 Å². The van der Waals surface area contributed by atoms with Crippen molar-refractivity contribution in [1.29, 1.82) is 0 Å². The van der Waals surface area contributed by atoms with Crippen LogP contribution in [-0.2, 0) is 9.98 Å². The topological polar surface area (TPSA) is 17.1 Å². The highest BCUT2D eigenvalue weighted by atomic mass is 31.2. The van der Waals surface area contributed by atoms with E-state index in [1.54, 1.807) is 0 Å². The Balaban J connectivity index is 1.39. The standard InChI is InChI=1S/C49H37OP/c1-34-19-25-39(26-20-34)49(40-27-21-35(2)22-28-40,46-33-38-13-9-11-36-23-24-37-12-10-18-45(46)48(37)47(36)38)41-29-31-44(32-30-41)51(50,42-14-5-3-6-15-42)43-16-7-4-8-17-43/h3-33H,1-2H3. The van der Waals surface area contributed by atoms with Gasteiger partial charge in [-0.3, -0.25) is 0 Å². The SMILES string of the molecule is Cc1ccc(C(c2ccc(C)cc2)(c2ccc(P(=O)(c3ccccc3)c3ccccc3)cc2)c2cc3cccc4ccc5cccc2c5c43)cc1. The van der Waals surface area contributed by atoms with E-state index in [-0.39, 0.29) is 0 Å². The van der Waals surface area contributed by atoms with Crippen molar-refractivity contribution >= 4 is 55.4 Å². The predicted octanol–water partition coefficient (Wildman–Crippen LogP) is 11.2. The molecule has 0 aliphatic carbocycles. The Kier molecular flexibility index (Phi) is 7.50. The molecule has 0 heterocycles. The van der Waals surface area contributed by atoms with Gasteiger partial charge in [0.25, 0.3) is 0 Å². The second-order valence-electron chi connectivity index (χ2n) is 13.8. The monoisotopic (exact) mass is 672 g/mol. The predicted molar refractivity (Wildman–Crippen MR) is 217 cm³/mol. The minimum atomic E-state index is -3.16. The number of hydrogen-bond acceptors (Lipinski definition) is 1. The van der Waals surface area contributed by atoms with Crippen LogP contribution in [0.25, 0.3) is 32.3 Å². The summed E-state index contributed by atoms with van der Waals surface area (Å²) in [5.74, 6) is 0. The summed E-state index contributed by atoms with van der Waals surface area (Å²) in [6.45, 7) is 4.29. The molecule has 0 spiro atoms. The van der Waals surface area contributed by atoms with Crippen LogP contribution in [0.1, 0.15) is 33.4 Å². The molecule has 0 radical (unpaired) electrons. The molecular formula is C49H37OP. The zero-order valence-corrected chi connectivity index (χ0v) is 29.6. The summed E-state index contributed by atoms with van der Waals surface area (Å²) in [7, 11) is -3.16. The van der Waals surface area contributed by atoms with Crippen LogP contribution in [0.3, 0.4) is 0 Å². The zero-order chi connectivity index (χ0) is 34.6. The molecule has 0 amide bonds. The van der Waals surface area contributed by atoms with Gasteiger partial charge in [-0.15, -0.1) is 0 Å². The zero-order valence-electron chi connectivity index (χ0n) is 28.8. The highest BCUT2D eigenvalue weighted by Gasteiger charge is 2.41. The Labute approximate surface area is 299 Å². The highest BCUT2D eigenvalue weighted by molar-refractivity contribution is 7.85. The minimum Gasteiger partial charge on any atom is -0.309 e. The molecule has 0 aliphatic rings. The molecule has 0 fully saturated rings. The van der Waals surface area contributed by atoms with Crippen LogP contribution < -0.4 is 15.9 Å². The molecule has 0 bridgehead atoms. The molecule has 1 nitrogen and oxygen atoms in total. The third-order valence-electron chi connectivity index (χ3n) is 10.8. The largest absolute Gasteiger partial charge is 0.309 e. The Morgan fingerprint density at radius 2 is 0.824 bits per heavy atom. The third kappa shape index (κ3) is 4.88. The molecule has 244 valence electrons. The minimum absolute atomic E-state index is 0.687. The number of rotatable bonds is 7. The second-order valence-corrected chi connectivity index (χ2v) is 16.5. The van der Waals surface area contributed by atoms with Crippen molar-refractivity contribution in [3.63, 3.8) is 0 Å². The lowest BCUT2D eigenvalue weighted by molar-refractivity contribution is 0.592. The van der Waals surface area contributed by atoms with Crippen molar-refractivity contribution in [2.75, 3.05) is 0 Å². The normalized spacial score (nSPS) is 12.2. The van der Waals surface area contributed by atoms with Gasteiger partial charge < -0.3 is 4.57 Å². The molecule has 0 saturated carbocycles. The van der Waals surface area contributed by atoms with Crippen LogP contribution in [0, 0.1) is 13.8 Å². The van der Waals surface area contributed by atoms with Gasteiger partial charge in [0.2, 0.25) is 0 Å². The smallest absolute Gasteiger partial charge is 0.171 e. The van der Waals surface area contributed by atoms with Gasteiger partial charge in [-0.05, 0) is 74.5 Å². The quantitative estimate of drug-likeness (QED) is 0.0936. The lowest BCUT2D eigenvalue weighted by Gasteiger charge is -2.38. The van der Waals surface area contributed by atoms with Gasteiger partial charge in [-0.1, -0.05) is 193 Å². The van der Waals surface area contributed by atoms with Crippen LogP contribution in [0.5, 0.6) is 0 Å². The lowest BCUT2D eigenvalue weighted by Crippen LogP contribution is -2.32. The van der Waals surface area contributed by atoms with Gasteiger partial charge in [-0.25, -0.2) is 0 Å². The molecule has 0 aromatic heterocycles. The molecule has 0 unspecified atom stereocenters. The van der Waals surface area contributed by atoms with Crippen LogP contribution in [0.15, 0.2) is 188 Å². The average molecular weight is 673 g/mol. The summed E-state index contributed by atoms with van der Waals surface area (Å²) in [4.78, 5) is 0. The van der Waals surface area contributed by atoms with E-state index in [0.29, 0.717) is 0 Å². The second kappa shape index (κ2) is 12.2. The molecule has 51 heavy (non-hydrogen) atoms. The molecule has 9 aromatic rings.